The second-order valence-corrected chi connectivity index (χ2v) is 6.28. The van der Waals surface area contributed by atoms with Crippen LogP contribution in [0.15, 0.2) is 42.5 Å². The first-order chi connectivity index (χ1) is 10.2. The summed E-state index contributed by atoms with van der Waals surface area (Å²) in [5.41, 5.74) is 1.79. The number of phenolic OH excluding ortho intramolecular Hbond substituents is 1. The van der Waals surface area contributed by atoms with Crippen LogP contribution in [0.3, 0.4) is 0 Å². The van der Waals surface area contributed by atoms with Gasteiger partial charge in [-0.3, -0.25) is 5.32 Å². The molecule has 2 aromatic rings. The lowest BCUT2D eigenvalue weighted by Gasteiger charge is -2.19. The molecule has 5 heteroatoms. The van der Waals surface area contributed by atoms with Gasteiger partial charge in [-0.1, -0.05) is 29.8 Å². The van der Waals surface area contributed by atoms with Crippen LogP contribution in [0.1, 0.15) is 20.8 Å². The van der Waals surface area contributed by atoms with Gasteiger partial charge in [-0.15, -0.1) is 0 Å². The molecule has 0 aliphatic rings. The summed E-state index contributed by atoms with van der Waals surface area (Å²) in [4.78, 5) is 11.8. The predicted molar refractivity (Wildman–Crippen MR) is 88.4 cm³/mol. The van der Waals surface area contributed by atoms with Gasteiger partial charge in [-0.05, 0) is 56.2 Å². The molecule has 1 amide bonds. The van der Waals surface area contributed by atoms with Gasteiger partial charge in [0.2, 0.25) is 0 Å². The molecule has 0 atom stereocenters. The molecule has 0 aliphatic heterocycles. The zero-order chi connectivity index (χ0) is 16.3. The molecule has 0 unspecified atom stereocenters. The van der Waals surface area contributed by atoms with E-state index < -0.39 is 11.7 Å². The van der Waals surface area contributed by atoms with E-state index in [1.54, 1.807) is 39.0 Å². The Morgan fingerprint density at radius 2 is 1.82 bits per heavy atom. The Bertz CT molecular complexity index is 693. The zero-order valence-electron chi connectivity index (χ0n) is 12.7. The third kappa shape index (κ3) is 4.40. The molecule has 0 bridgehead atoms. The van der Waals surface area contributed by atoms with Crippen molar-refractivity contribution in [2.75, 3.05) is 5.32 Å². The van der Waals surface area contributed by atoms with Crippen molar-refractivity contribution in [1.82, 2.24) is 0 Å². The van der Waals surface area contributed by atoms with Gasteiger partial charge in [0.1, 0.15) is 11.4 Å². The van der Waals surface area contributed by atoms with Crippen molar-refractivity contribution >= 4 is 23.4 Å². The van der Waals surface area contributed by atoms with E-state index in [-0.39, 0.29) is 10.8 Å². The van der Waals surface area contributed by atoms with E-state index in [4.69, 9.17) is 16.3 Å². The first-order valence-electron chi connectivity index (χ1n) is 6.83. The molecule has 0 saturated carbocycles. The van der Waals surface area contributed by atoms with Crippen LogP contribution in [0.2, 0.25) is 5.02 Å². The summed E-state index contributed by atoms with van der Waals surface area (Å²) in [6, 6.07) is 12.3. The molecule has 4 nitrogen and oxygen atoms in total. The smallest absolute Gasteiger partial charge is 0.412 e. The van der Waals surface area contributed by atoms with E-state index in [2.05, 4.69) is 5.32 Å². The van der Waals surface area contributed by atoms with E-state index in [1.807, 2.05) is 18.2 Å². The third-order valence-electron chi connectivity index (χ3n) is 2.79. The summed E-state index contributed by atoms with van der Waals surface area (Å²) in [7, 11) is 0. The number of anilines is 1. The van der Waals surface area contributed by atoms with Crippen LogP contribution in [-0.2, 0) is 4.74 Å². The Morgan fingerprint density at radius 1 is 1.14 bits per heavy atom. The molecule has 0 radical (unpaired) electrons. The van der Waals surface area contributed by atoms with Crippen molar-refractivity contribution in [3.8, 4) is 16.9 Å². The fourth-order valence-corrected chi connectivity index (χ4v) is 2.06. The minimum absolute atomic E-state index is 0.0356. The van der Waals surface area contributed by atoms with Gasteiger partial charge < -0.3 is 9.84 Å². The summed E-state index contributed by atoms with van der Waals surface area (Å²) < 4.78 is 5.22. The minimum atomic E-state index is -0.549. The topological polar surface area (TPSA) is 58.6 Å². The average molecular weight is 320 g/mol. The fourth-order valence-electron chi connectivity index (χ4n) is 1.88. The van der Waals surface area contributed by atoms with Crippen molar-refractivity contribution in [3.63, 3.8) is 0 Å². The molecular formula is C17H18ClNO3. The van der Waals surface area contributed by atoms with Crippen LogP contribution >= 0.6 is 11.6 Å². The molecule has 2 N–H and O–H groups in total. The predicted octanol–water partition coefficient (Wildman–Crippen LogP) is 5.06. The summed E-state index contributed by atoms with van der Waals surface area (Å²) in [5.74, 6) is 0.0356. The maximum absolute atomic E-state index is 11.8. The minimum Gasteiger partial charge on any atom is -0.506 e. The number of halogens is 1. The number of benzene rings is 2. The molecule has 0 heterocycles. The second kappa shape index (κ2) is 6.28. The third-order valence-corrected chi connectivity index (χ3v) is 3.09. The van der Waals surface area contributed by atoms with E-state index in [0.717, 1.165) is 11.1 Å². The van der Waals surface area contributed by atoms with Crippen LogP contribution in [0.4, 0.5) is 10.5 Å². The molecule has 0 aliphatic carbocycles. The van der Waals surface area contributed by atoms with Crippen molar-refractivity contribution in [2.24, 2.45) is 0 Å². The molecular weight excluding hydrogens is 302 g/mol. The molecule has 0 saturated heterocycles. The SMILES string of the molecule is CC(C)(C)OC(=O)Nc1cccc(-c2ccc(O)c(Cl)c2)c1. The Morgan fingerprint density at radius 3 is 2.45 bits per heavy atom. The number of rotatable bonds is 2. The fraction of sp³-hybridized carbons (Fsp3) is 0.235. The number of carbonyl (C=O) groups is 1. The first kappa shape index (κ1) is 16.2. The number of ether oxygens (including phenoxy) is 1. The highest BCUT2D eigenvalue weighted by molar-refractivity contribution is 6.32. The van der Waals surface area contributed by atoms with Crippen LogP contribution < -0.4 is 5.32 Å². The van der Waals surface area contributed by atoms with Gasteiger partial charge in [0.25, 0.3) is 0 Å². The standard InChI is InChI=1S/C17H18ClNO3/c1-17(2,3)22-16(21)19-13-6-4-5-11(9-13)12-7-8-15(20)14(18)10-12/h4-10,20H,1-3H3,(H,19,21). The molecule has 116 valence electrons. The maximum Gasteiger partial charge on any atom is 0.412 e. The normalized spacial score (nSPS) is 11.1. The number of aromatic hydroxyl groups is 1. The zero-order valence-corrected chi connectivity index (χ0v) is 13.4. The van der Waals surface area contributed by atoms with Gasteiger partial charge in [-0.2, -0.15) is 0 Å². The van der Waals surface area contributed by atoms with Crippen LogP contribution in [-0.4, -0.2) is 16.8 Å². The Hall–Kier alpha value is -2.20. The summed E-state index contributed by atoms with van der Waals surface area (Å²) >= 11 is 5.92. The Kier molecular flexibility index (Phi) is 4.62. The van der Waals surface area contributed by atoms with E-state index in [0.29, 0.717) is 5.69 Å². The molecule has 2 rings (SSSR count). The highest BCUT2D eigenvalue weighted by atomic mass is 35.5. The number of amides is 1. The number of hydrogen-bond acceptors (Lipinski definition) is 3. The first-order valence-corrected chi connectivity index (χ1v) is 7.21. The number of phenols is 1. The van der Waals surface area contributed by atoms with Crippen LogP contribution in [0.25, 0.3) is 11.1 Å². The number of carbonyl (C=O) groups excluding carboxylic acids is 1. The maximum atomic E-state index is 11.8. The van der Waals surface area contributed by atoms with Gasteiger partial charge in [-0.25, -0.2) is 4.79 Å². The lowest BCUT2D eigenvalue weighted by molar-refractivity contribution is 0.0636. The van der Waals surface area contributed by atoms with Crippen molar-refractivity contribution < 1.29 is 14.6 Å². The summed E-state index contributed by atoms with van der Waals surface area (Å²) in [6.45, 7) is 5.42. The lowest BCUT2D eigenvalue weighted by Crippen LogP contribution is -2.27. The highest BCUT2D eigenvalue weighted by Crippen LogP contribution is 2.30. The largest absolute Gasteiger partial charge is 0.506 e. The highest BCUT2D eigenvalue weighted by Gasteiger charge is 2.16. The van der Waals surface area contributed by atoms with Crippen LogP contribution in [0, 0.1) is 0 Å². The Balaban J connectivity index is 2.19. The summed E-state index contributed by atoms with van der Waals surface area (Å²) in [6.07, 6.45) is -0.506. The molecule has 0 spiro atoms. The quantitative estimate of drug-likeness (QED) is 0.813. The average Bonchev–Trinajstić information content (AvgIpc) is 2.40. The molecule has 22 heavy (non-hydrogen) atoms. The molecule has 2 aromatic carbocycles. The number of nitrogens with one attached hydrogen (secondary N) is 1. The van der Waals surface area contributed by atoms with Crippen molar-refractivity contribution in [1.29, 1.82) is 0 Å². The molecule has 0 fully saturated rings. The van der Waals surface area contributed by atoms with E-state index in [9.17, 15) is 9.90 Å². The van der Waals surface area contributed by atoms with Crippen LogP contribution in [0.5, 0.6) is 5.75 Å². The van der Waals surface area contributed by atoms with Crippen molar-refractivity contribution in [2.45, 2.75) is 26.4 Å². The van der Waals surface area contributed by atoms with E-state index in [1.165, 1.54) is 6.07 Å². The van der Waals surface area contributed by atoms with E-state index >= 15 is 0 Å². The lowest BCUT2D eigenvalue weighted by atomic mass is 10.1. The Labute approximate surface area is 134 Å². The monoisotopic (exact) mass is 319 g/mol. The summed E-state index contributed by atoms with van der Waals surface area (Å²) in [5, 5.41) is 12.4. The van der Waals surface area contributed by atoms with Gasteiger partial charge in [0.05, 0.1) is 5.02 Å². The molecule has 0 aromatic heterocycles. The van der Waals surface area contributed by atoms with Gasteiger partial charge in [0, 0.05) is 5.69 Å². The number of hydrogen-bond donors (Lipinski definition) is 2. The van der Waals surface area contributed by atoms with Gasteiger partial charge in [0.15, 0.2) is 0 Å². The van der Waals surface area contributed by atoms with Crippen molar-refractivity contribution in [3.05, 3.63) is 47.5 Å². The van der Waals surface area contributed by atoms with Gasteiger partial charge >= 0.3 is 6.09 Å². The second-order valence-electron chi connectivity index (χ2n) is 5.87.